The third-order valence-corrected chi connectivity index (χ3v) is 5.05. The van der Waals surface area contributed by atoms with Gasteiger partial charge in [0.2, 0.25) is 5.60 Å². The second-order valence-electron chi connectivity index (χ2n) is 7.70. The standard InChI is InChI=1S/C25H32O6/c1-3-27-24(26)25(2,31-22-9-5-4-6-10-22)19-20-12-14-21(15-13-20)28-17-18-30-23-11-7-8-16-29-23/h4-6,9-10,12-15,23H,3,7-8,11,16-19H2,1-2H3. The van der Waals surface area contributed by atoms with Gasteiger partial charge in [0.1, 0.15) is 18.1 Å². The number of hydrogen-bond acceptors (Lipinski definition) is 6. The van der Waals surface area contributed by atoms with Gasteiger partial charge in [0.25, 0.3) is 0 Å². The molecule has 0 aromatic heterocycles. The van der Waals surface area contributed by atoms with Crippen LogP contribution in [0, 0.1) is 0 Å². The van der Waals surface area contributed by atoms with Gasteiger partial charge in [0, 0.05) is 13.0 Å². The van der Waals surface area contributed by atoms with Crippen molar-refractivity contribution in [3.05, 3.63) is 60.2 Å². The molecule has 2 aromatic carbocycles. The molecule has 0 radical (unpaired) electrons. The molecule has 2 aromatic rings. The smallest absolute Gasteiger partial charge is 0.350 e. The molecule has 2 atom stereocenters. The molecule has 2 unspecified atom stereocenters. The fourth-order valence-corrected chi connectivity index (χ4v) is 3.46. The molecule has 1 fully saturated rings. The average molecular weight is 429 g/mol. The molecule has 0 aliphatic carbocycles. The maximum atomic E-state index is 12.6. The molecule has 0 saturated carbocycles. The first-order valence-corrected chi connectivity index (χ1v) is 11.0. The molecule has 1 aliphatic rings. The SMILES string of the molecule is CCOC(=O)C(C)(Cc1ccc(OCCOC2CCCCO2)cc1)Oc1ccccc1. The topological polar surface area (TPSA) is 63.2 Å². The molecular formula is C25H32O6. The van der Waals surface area contributed by atoms with E-state index < -0.39 is 5.60 Å². The van der Waals surface area contributed by atoms with Crippen LogP contribution in [-0.4, -0.2) is 44.3 Å². The molecule has 6 heteroatoms. The van der Waals surface area contributed by atoms with E-state index in [1.54, 1.807) is 13.8 Å². The van der Waals surface area contributed by atoms with Crippen LogP contribution < -0.4 is 9.47 Å². The van der Waals surface area contributed by atoms with Gasteiger partial charge in [0.05, 0.1) is 13.2 Å². The van der Waals surface area contributed by atoms with E-state index in [4.69, 9.17) is 23.7 Å². The molecule has 0 amide bonds. The van der Waals surface area contributed by atoms with E-state index in [9.17, 15) is 4.79 Å². The van der Waals surface area contributed by atoms with Crippen LogP contribution in [0.15, 0.2) is 54.6 Å². The Balaban J connectivity index is 1.54. The number of benzene rings is 2. The van der Waals surface area contributed by atoms with Crippen molar-refractivity contribution in [2.45, 2.75) is 51.4 Å². The molecule has 0 bridgehead atoms. The van der Waals surface area contributed by atoms with Crippen molar-refractivity contribution in [3.63, 3.8) is 0 Å². The second-order valence-corrected chi connectivity index (χ2v) is 7.70. The van der Waals surface area contributed by atoms with Crippen molar-refractivity contribution in [1.82, 2.24) is 0 Å². The largest absolute Gasteiger partial charge is 0.491 e. The summed E-state index contributed by atoms with van der Waals surface area (Å²) < 4.78 is 28.3. The lowest BCUT2D eigenvalue weighted by Gasteiger charge is -2.28. The van der Waals surface area contributed by atoms with Crippen LogP contribution in [0.25, 0.3) is 0 Å². The van der Waals surface area contributed by atoms with Crippen molar-refractivity contribution >= 4 is 5.97 Å². The van der Waals surface area contributed by atoms with Crippen molar-refractivity contribution < 1.29 is 28.5 Å². The highest BCUT2D eigenvalue weighted by Gasteiger charge is 2.37. The summed E-state index contributed by atoms with van der Waals surface area (Å²) in [5.41, 5.74) is -0.182. The van der Waals surface area contributed by atoms with Gasteiger partial charge < -0.3 is 23.7 Å². The highest BCUT2D eigenvalue weighted by Crippen LogP contribution is 2.25. The molecular weight excluding hydrogens is 396 g/mol. The maximum absolute atomic E-state index is 12.6. The number of carbonyl (C=O) groups is 1. The zero-order chi connectivity index (χ0) is 21.9. The first-order chi connectivity index (χ1) is 15.1. The summed E-state index contributed by atoms with van der Waals surface area (Å²) in [6.45, 7) is 5.55. The van der Waals surface area contributed by atoms with Crippen molar-refractivity contribution in [2.75, 3.05) is 26.4 Å². The number of hydrogen-bond donors (Lipinski definition) is 0. The fraction of sp³-hybridized carbons (Fsp3) is 0.480. The van der Waals surface area contributed by atoms with E-state index in [-0.39, 0.29) is 12.3 Å². The lowest BCUT2D eigenvalue weighted by atomic mass is 9.96. The third kappa shape index (κ3) is 7.26. The van der Waals surface area contributed by atoms with Crippen molar-refractivity contribution in [1.29, 1.82) is 0 Å². The summed E-state index contributed by atoms with van der Waals surface area (Å²) in [4.78, 5) is 12.6. The van der Waals surface area contributed by atoms with E-state index in [0.717, 1.165) is 37.2 Å². The summed E-state index contributed by atoms with van der Waals surface area (Å²) in [5, 5.41) is 0. The molecule has 3 rings (SSSR count). The molecule has 0 N–H and O–H groups in total. The lowest BCUT2D eigenvalue weighted by molar-refractivity contribution is -0.165. The predicted molar refractivity (Wildman–Crippen MR) is 117 cm³/mol. The fourth-order valence-electron chi connectivity index (χ4n) is 3.46. The van der Waals surface area contributed by atoms with Crippen molar-refractivity contribution in [2.24, 2.45) is 0 Å². The zero-order valence-electron chi connectivity index (χ0n) is 18.4. The molecule has 168 valence electrons. The minimum atomic E-state index is -1.13. The average Bonchev–Trinajstić information content (AvgIpc) is 2.79. The van der Waals surface area contributed by atoms with Gasteiger partial charge in [-0.15, -0.1) is 0 Å². The van der Waals surface area contributed by atoms with Crippen LogP contribution in [-0.2, 0) is 25.4 Å². The maximum Gasteiger partial charge on any atom is 0.350 e. The number of ether oxygens (including phenoxy) is 5. The van der Waals surface area contributed by atoms with Gasteiger partial charge in [-0.3, -0.25) is 0 Å². The van der Waals surface area contributed by atoms with Gasteiger partial charge in [0.15, 0.2) is 6.29 Å². The summed E-state index contributed by atoms with van der Waals surface area (Å²) in [7, 11) is 0. The Labute approximate surface area is 184 Å². The monoisotopic (exact) mass is 428 g/mol. The Kier molecular flexibility index (Phi) is 8.74. The Hall–Kier alpha value is -2.57. The van der Waals surface area contributed by atoms with Gasteiger partial charge >= 0.3 is 5.97 Å². The summed E-state index contributed by atoms with van der Waals surface area (Å²) in [5.74, 6) is 0.986. The van der Waals surface area contributed by atoms with Crippen LogP contribution in [0.1, 0.15) is 38.7 Å². The van der Waals surface area contributed by atoms with Gasteiger partial charge in [-0.25, -0.2) is 4.79 Å². The summed E-state index contributed by atoms with van der Waals surface area (Å²) in [6, 6.07) is 17.0. The highest BCUT2D eigenvalue weighted by atomic mass is 16.7. The Bertz CT molecular complexity index is 785. The van der Waals surface area contributed by atoms with E-state index in [2.05, 4.69) is 0 Å². The normalized spacial score (nSPS) is 18.1. The lowest BCUT2D eigenvalue weighted by Crippen LogP contribution is -2.45. The van der Waals surface area contributed by atoms with E-state index in [0.29, 0.717) is 32.0 Å². The van der Waals surface area contributed by atoms with Gasteiger partial charge in [-0.1, -0.05) is 30.3 Å². The molecule has 0 spiro atoms. The van der Waals surface area contributed by atoms with Gasteiger partial charge in [-0.05, 0) is 62.9 Å². The van der Waals surface area contributed by atoms with Crippen molar-refractivity contribution in [3.8, 4) is 11.5 Å². The van der Waals surface area contributed by atoms with E-state index in [1.165, 1.54) is 0 Å². The van der Waals surface area contributed by atoms with E-state index >= 15 is 0 Å². The van der Waals surface area contributed by atoms with Crippen LogP contribution in [0.5, 0.6) is 11.5 Å². The number of carbonyl (C=O) groups excluding carboxylic acids is 1. The number of rotatable bonds is 11. The highest BCUT2D eigenvalue weighted by molar-refractivity contribution is 5.80. The molecule has 1 aliphatic heterocycles. The Morgan fingerprint density at radius 2 is 1.81 bits per heavy atom. The molecule has 31 heavy (non-hydrogen) atoms. The minimum Gasteiger partial charge on any atom is -0.491 e. The molecule has 1 saturated heterocycles. The first kappa shape index (κ1) is 23.1. The Morgan fingerprint density at radius 3 is 2.48 bits per heavy atom. The minimum absolute atomic E-state index is 0.107. The third-order valence-electron chi connectivity index (χ3n) is 5.05. The molecule has 1 heterocycles. The predicted octanol–water partition coefficient (Wildman–Crippen LogP) is 4.55. The van der Waals surface area contributed by atoms with Crippen LogP contribution in [0.3, 0.4) is 0 Å². The van der Waals surface area contributed by atoms with E-state index in [1.807, 2.05) is 54.6 Å². The molecule has 6 nitrogen and oxygen atoms in total. The first-order valence-electron chi connectivity index (χ1n) is 11.0. The second kappa shape index (κ2) is 11.7. The zero-order valence-corrected chi connectivity index (χ0v) is 18.4. The number of para-hydroxylation sites is 1. The van der Waals surface area contributed by atoms with Crippen LogP contribution >= 0.6 is 0 Å². The van der Waals surface area contributed by atoms with Crippen LogP contribution in [0.4, 0.5) is 0 Å². The Morgan fingerprint density at radius 1 is 1.03 bits per heavy atom. The number of esters is 1. The summed E-state index contributed by atoms with van der Waals surface area (Å²) in [6.07, 6.45) is 3.46. The van der Waals surface area contributed by atoms with Gasteiger partial charge in [-0.2, -0.15) is 0 Å². The van der Waals surface area contributed by atoms with Crippen LogP contribution in [0.2, 0.25) is 0 Å². The quantitative estimate of drug-likeness (QED) is 0.386. The summed E-state index contributed by atoms with van der Waals surface area (Å²) >= 11 is 0.